The highest BCUT2D eigenvalue weighted by Gasteiger charge is 2.15. The molecule has 1 amide bonds. The van der Waals surface area contributed by atoms with Crippen molar-refractivity contribution in [3.63, 3.8) is 0 Å². The maximum Gasteiger partial charge on any atom is 0.269 e. The van der Waals surface area contributed by atoms with E-state index in [4.69, 9.17) is 9.47 Å². The lowest BCUT2D eigenvalue weighted by Crippen LogP contribution is -2.11. The SMILES string of the molecule is Cc1nnsc1C(=O)Nc1ccc2c(c1)OCCCO2. The van der Waals surface area contributed by atoms with Gasteiger partial charge in [-0.1, -0.05) is 4.49 Å². The second kappa shape index (κ2) is 5.46. The molecule has 0 saturated carbocycles. The van der Waals surface area contributed by atoms with Crippen molar-refractivity contribution in [2.24, 2.45) is 0 Å². The molecule has 2 aromatic rings. The van der Waals surface area contributed by atoms with Gasteiger partial charge in [0.2, 0.25) is 0 Å². The Balaban J connectivity index is 1.80. The fourth-order valence-corrected chi connectivity index (χ4v) is 2.42. The molecule has 0 unspecified atom stereocenters. The molecule has 0 bridgehead atoms. The Morgan fingerprint density at radius 3 is 2.85 bits per heavy atom. The van der Waals surface area contributed by atoms with E-state index in [1.807, 2.05) is 0 Å². The fraction of sp³-hybridized carbons (Fsp3) is 0.308. The molecule has 3 rings (SSSR count). The van der Waals surface area contributed by atoms with Gasteiger partial charge in [-0.15, -0.1) is 5.10 Å². The summed E-state index contributed by atoms with van der Waals surface area (Å²) in [5.41, 5.74) is 1.29. The van der Waals surface area contributed by atoms with Crippen molar-refractivity contribution in [1.82, 2.24) is 9.59 Å². The van der Waals surface area contributed by atoms with Crippen LogP contribution in [0.3, 0.4) is 0 Å². The molecule has 1 aliphatic rings. The van der Waals surface area contributed by atoms with E-state index in [1.165, 1.54) is 0 Å². The van der Waals surface area contributed by atoms with Gasteiger partial charge in [0.05, 0.1) is 18.9 Å². The van der Waals surface area contributed by atoms with Gasteiger partial charge in [-0.2, -0.15) is 0 Å². The standard InChI is InChI=1S/C13H13N3O3S/c1-8-12(20-16-15-8)13(17)14-9-3-4-10-11(7-9)19-6-2-5-18-10/h3-4,7H,2,5-6H2,1H3,(H,14,17). The molecule has 0 saturated heterocycles. The molecule has 0 atom stereocenters. The predicted molar refractivity (Wildman–Crippen MR) is 74.6 cm³/mol. The van der Waals surface area contributed by atoms with Crippen molar-refractivity contribution in [3.05, 3.63) is 28.8 Å². The first-order valence-electron chi connectivity index (χ1n) is 6.24. The minimum absolute atomic E-state index is 0.216. The summed E-state index contributed by atoms with van der Waals surface area (Å²) in [4.78, 5) is 12.6. The first kappa shape index (κ1) is 12.9. The molecule has 0 fully saturated rings. The van der Waals surface area contributed by atoms with Gasteiger partial charge in [-0.05, 0) is 30.6 Å². The van der Waals surface area contributed by atoms with E-state index in [2.05, 4.69) is 14.9 Å². The lowest BCUT2D eigenvalue weighted by molar-refractivity contribution is 0.103. The number of hydrogen-bond donors (Lipinski definition) is 1. The number of ether oxygens (including phenoxy) is 2. The Kier molecular flexibility index (Phi) is 3.51. The Labute approximate surface area is 119 Å². The van der Waals surface area contributed by atoms with Crippen molar-refractivity contribution in [1.29, 1.82) is 0 Å². The lowest BCUT2D eigenvalue weighted by atomic mass is 10.2. The van der Waals surface area contributed by atoms with Crippen LogP contribution in [0.15, 0.2) is 18.2 Å². The van der Waals surface area contributed by atoms with Crippen LogP contribution in [0, 0.1) is 6.92 Å². The Bertz CT molecular complexity index is 642. The first-order chi connectivity index (χ1) is 9.74. The zero-order chi connectivity index (χ0) is 13.9. The summed E-state index contributed by atoms with van der Waals surface area (Å²) in [6, 6.07) is 5.35. The molecule has 0 spiro atoms. The highest BCUT2D eigenvalue weighted by atomic mass is 32.1. The number of nitrogens with zero attached hydrogens (tertiary/aromatic N) is 2. The monoisotopic (exact) mass is 291 g/mol. The van der Waals surface area contributed by atoms with E-state index >= 15 is 0 Å². The second-order valence-corrected chi connectivity index (χ2v) is 5.11. The maximum atomic E-state index is 12.1. The van der Waals surface area contributed by atoms with Crippen LogP contribution in [-0.4, -0.2) is 28.7 Å². The number of amides is 1. The van der Waals surface area contributed by atoms with E-state index in [0.29, 0.717) is 41.0 Å². The molecule has 1 aromatic carbocycles. The number of aromatic nitrogens is 2. The lowest BCUT2D eigenvalue weighted by Gasteiger charge is -2.09. The third-order valence-corrected chi connectivity index (χ3v) is 3.69. The molecule has 0 aliphatic carbocycles. The second-order valence-electron chi connectivity index (χ2n) is 4.35. The zero-order valence-corrected chi connectivity index (χ0v) is 11.7. The highest BCUT2D eigenvalue weighted by Crippen LogP contribution is 2.32. The van der Waals surface area contributed by atoms with Gasteiger partial charge in [-0.3, -0.25) is 4.79 Å². The van der Waals surface area contributed by atoms with Crippen LogP contribution in [0.1, 0.15) is 21.8 Å². The number of carbonyl (C=O) groups excluding carboxylic acids is 1. The molecule has 104 valence electrons. The fourth-order valence-electron chi connectivity index (χ4n) is 1.87. The van der Waals surface area contributed by atoms with Crippen LogP contribution in [0.2, 0.25) is 0 Å². The number of nitrogens with one attached hydrogen (secondary N) is 1. The highest BCUT2D eigenvalue weighted by molar-refractivity contribution is 7.08. The number of anilines is 1. The number of aryl methyl sites for hydroxylation is 1. The molecule has 0 radical (unpaired) electrons. The van der Waals surface area contributed by atoms with Crippen molar-refractivity contribution in [2.75, 3.05) is 18.5 Å². The molecular weight excluding hydrogens is 278 g/mol. The average Bonchev–Trinajstić information content (AvgIpc) is 2.73. The van der Waals surface area contributed by atoms with Crippen LogP contribution < -0.4 is 14.8 Å². The summed E-state index contributed by atoms with van der Waals surface area (Å²) in [7, 11) is 0. The average molecular weight is 291 g/mol. The number of hydrogen-bond acceptors (Lipinski definition) is 6. The summed E-state index contributed by atoms with van der Waals surface area (Å²) in [5, 5.41) is 6.64. The molecule has 1 N–H and O–H groups in total. The molecule has 6 nitrogen and oxygen atoms in total. The summed E-state index contributed by atoms with van der Waals surface area (Å²) in [5.74, 6) is 1.14. The Morgan fingerprint density at radius 2 is 2.10 bits per heavy atom. The van der Waals surface area contributed by atoms with E-state index < -0.39 is 0 Å². The number of carbonyl (C=O) groups is 1. The van der Waals surface area contributed by atoms with E-state index in [1.54, 1.807) is 25.1 Å². The van der Waals surface area contributed by atoms with E-state index in [9.17, 15) is 4.79 Å². The largest absolute Gasteiger partial charge is 0.490 e. The van der Waals surface area contributed by atoms with Gasteiger partial charge in [0, 0.05) is 18.2 Å². The van der Waals surface area contributed by atoms with Crippen molar-refractivity contribution in [2.45, 2.75) is 13.3 Å². The van der Waals surface area contributed by atoms with Crippen molar-refractivity contribution < 1.29 is 14.3 Å². The van der Waals surface area contributed by atoms with Gasteiger partial charge in [0.1, 0.15) is 4.88 Å². The van der Waals surface area contributed by atoms with Gasteiger partial charge in [-0.25, -0.2) is 0 Å². The third-order valence-electron chi connectivity index (χ3n) is 2.86. The van der Waals surface area contributed by atoms with Gasteiger partial charge >= 0.3 is 0 Å². The Morgan fingerprint density at radius 1 is 1.30 bits per heavy atom. The van der Waals surface area contributed by atoms with Crippen molar-refractivity contribution in [3.8, 4) is 11.5 Å². The quantitative estimate of drug-likeness (QED) is 0.918. The van der Waals surface area contributed by atoms with Crippen LogP contribution in [0.4, 0.5) is 5.69 Å². The van der Waals surface area contributed by atoms with Gasteiger partial charge < -0.3 is 14.8 Å². The number of fused-ring (bicyclic) bond motifs is 1. The normalized spacial score (nSPS) is 13.7. The summed E-state index contributed by atoms with van der Waals surface area (Å²) in [6.45, 7) is 3.01. The Hall–Kier alpha value is -2.15. The van der Waals surface area contributed by atoms with E-state index in [-0.39, 0.29) is 5.91 Å². The molecule has 2 heterocycles. The third kappa shape index (κ3) is 2.57. The molecule has 7 heteroatoms. The van der Waals surface area contributed by atoms with Crippen LogP contribution >= 0.6 is 11.5 Å². The maximum absolute atomic E-state index is 12.1. The zero-order valence-electron chi connectivity index (χ0n) is 10.9. The predicted octanol–water partition coefficient (Wildman–Crippen LogP) is 2.26. The molecule has 1 aromatic heterocycles. The van der Waals surface area contributed by atoms with Crippen LogP contribution in [-0.2, 0) is 0 Å². The van der Waals surface area contributed by atoms with Gasteiger partial charge in [0.25, 0.3) is 5.91 Å². The minimum Gasteiger partial charge on any atom is -0.490 e. The molecule has 1 aliphatic heterocycles. The summed E-state index contributed by atoms with van der Waals surface area (Å²) < 4.78 is 14.9. The van der Waals surface area contributed by atoms with Crippen molar-refractivity contribution >= 4 is 23.1 Å². The van der Waals surface area contributed by atoms with Crippen LogP contribution in [0.25, 0.3) is 0 Å². The topological polar surface area (TPSA) is 73.3 Å². The van der Waals surface area contributed by atoms with Crippen LogP contribution in [0.5, 0.6) is 11.5 Å². The number of rotatable bonds is 2. The first-order valence-corrected chi connectivity index (χ1v) is 7.01. The minimum atomic E-state index is -0.216. The van der Waals surface area contributed by atoms with Gasteiger partial charge in [0.15, 0.2) is 11.5 Å². The summed E-state index contributed by atoms with van der Waals surface area (Å²) >= 11 is 1.08. The van der Waals surface area contributed by atoms with E-state index in [0.717, 1.165) is 18.0 Å². The summed E-state index contributed by atoms with van der Waals surface area (Å²) in [6.07, 6.45) is 0.849. The smallest absolute Gasteiger partial charge is 0.269 e. The molecular formula is C13H13N3O3S. The molecule has 20 heavy (non-hydrogen) atoms. The number of benzene rings is 1.